The molecule has 9 unspecified atom stereocenters. The normalized spacial score (nSPS) is 29.0. The van der Waals surface area contributed by atoms with Crippen molar-refractivity contribution in [2.45, 2.75) is 49.5 Å². The monoisotopic (exact) mass is 694 g/mol. The van der Waals surface area contributed by atoms with Crippen LogP contribution in [0.1, 0.15) is 18.9 Å². The molecule has 236 valence electrons. The van der Waals surface area contributed by atoms with E-state index in [2.05, 4.69) is 42.5 Å². The van der Waals surface area contributed by atoms with Crippen molar-refractivity contribution in [2.75, 3.05) is 18.9 Å². The average Bonchev–Trinajstić information content (AvgIpc) is 3.73. The van der Waals surface area contributed by atoms with E-state index in [0.29, 0.717) is 0 Å². The number of aliphatic hydroxyl groups is 1. The van der Waals surface area contributed by atoms with E-state index in [0.717, 1.165) is 11.0 Å². The van der Waals surface area contributed by atoms with Gasteiger partial charge in [0.05, 0.1) is 31.0 Å². The number of halogens is 1. The molecule has 4 aromatic rings. The molecule has 4 aromatic heterocycles. The van der Waals surface area contributed by atoms with Crippen LogP contribution in [0, 0.1) is 0 Å². The molecule has 6 rings (SSSR count). The summed E-state index contributed by atoms with van der Waals surface area (Å²) in [7, 11) is -2.60. The predicted molar refractivity (Wildman–Crippen MR) is 154 cm³/mol. The summed E-state index contributed by atoms with van der Waals surface area (Å²) in [6.07, 6.45) is -6.59. The SMILES string of the molecule is Nc1nc2c(nnn2C2OC(CO)CC2OP(O)(=S)OCC2OC(n3ccc4c(=O)[nH]cnc43)C(F)C2O[P+](=O)S)c(=O)[nH]1. The third-order valence-electron chi connectivity index (χ3n) is 6.88. The third kappa shape index (κ3) is 5.95. The van der Waals surface area contributed by atoms with E-state index >= 15 is 4.39 Å². The summed E-state index contributed by atoms with van der Waals surface area (Å²) in [5, 5.41) is 17.6. The maximum absolute atomic E-state index is 15.7. The molecule has 0 aromatic carbocycles. The maximum atomic E-state index is 15.7. The Kier molecular flexibility index (Phi) is 8.67. The van der Waals surface area contributed by atoms with Gasteiger partial charge in [-0.25, -0.2) is 9.37 Å². The minimum absolute atomic E-state index is 0.0107. The van der Waals surface area contributed by atoms with Gasteiger partial charge < -0.3 is 43.8 Å². The summed E-state index contributed by atoms with van der Waals surface area (Å²) in [6.45, 7) is -5.19. The quantitative estimate of drug-likeness (QED) is 0.0939. The number of nitrogens with one attached hydrogen (secondary N) is 2. The highest BCUT2D eigenvalue weighted by atomic mass is 32.7. The second-order valence-electron chi connectivity index (χ2n) is 9.64. The molecule has 0 spiro atoms. The number of aliphatic hydroxyl groups excluding tert-OH is 1. The zero-order valence-corrected chi connectivity index (χ0v) is 25.4. The van der Waals surface area contributed by atoms with Gasteiger partial charge in [-0.3, -0.25) is 14.6 Å². The van der Waals surface area contributed by atoms with Gasteiger partial charge >= 0.3 is 13.9 Å². The Morgan fingerprint density at radius 3 is 2.84 bits per heavy atom. The van der Waals surface area contributed by atoms with Gasteiger partial charge in [0.1, 0.15) is 30.1 Å². The smallest absolute Gasteiger partial charge is 0.394 e. The van der Waals surface area contributed by atoms with E-state index in [-0.39, 0.29) is 34.6 Å². The first-order chi connectivity index (χ1) is 21.0. The maximum Gasteiger partial charge on any atom is 0.582 e. The number of fused-ring (bicyclic) bond motifs is 2. The van der Waals surface area contributed by atoms with Crippen molar-refractivity contribution in [2.24, 2.45) is 0 Å². The Bertz CT molecular complexity index is 1890. The van der Waals surface area contributed by atoms with Gasteiger partial charge in [0.25, 0.3) is 11.1 Å². The van der Waals surface area contributed by atoms with Crippen LogP contribution in [0.3, 0.4) is 0 Å². The number of H-pyrrole nitrogens is 2. The number of nitrogens with two attached hydrogens (primary N) is 1. The van der Waals surface area contributed by atoms with Crippen LogP contribution in [0.25, 0.3) is 22.2 Å². The lowest BCUT2D eigenvalue weighted by molar-refractivity contribution is -0.0585. The molecule has 0 radical (unpaired) electrons. The lowest BCUT2D eigenvalue weighted by Gasteiger charge is -2.25. The average molecular weight is 695 g/mol. The zero-order valence-electron chi connectivity index (χ0n) is 21.9. The fourth-order valence-corrected chi connectivity index (χ4v) is 7.24. The van der Waals surface area contributed by atoms with Crippen molar-refractivity contribution in [3.63, 3.8) is 0 Å². The number of aromatic nitrogens is 8. The summed E-state index contributed by atoms with van der Waals surface area (Å²) in [4.78, 5) is 48.1. The fourth-order valence-electron chi connectivity index (χ4n) is 5.01. The number of aromatic amines is 2. The molecule has 2 saturated heterocycles. The van der Waals surface area contributed by atoms with Crippen LogP contribution < -0.4 is 16.9 Å². The molecule has 44 heavy (non-hydrogen) atoms. The van der Waals surface area contributed by atoms with E-state index in [1.54, 1.807) is 0 Å². The number of anilines is 1. The van der Waals surface area contributed by atoms with Gasteiger partial charge in [-0.05, 0) is 22.4 Å². The van der Waals surface area contributed by atoms with Crippen molar-refractivity contribution in [3.8, 4) is 0 Å². The third-order valence-corrected chi connectivity index (χ3v) is 9.17. The van der Waals surface area contributed by atoms with Gasteiger partial charge in [-0.15, -0.1) is 9.62 Å². The molecule has 6 N–H and O–H groups in total. The summed E-state index contributed by atoms with van der Waals surface area (Å²) in [5.74, 6) is -0.216. The molecule has 0 amide bonds. The minimum Gasteiger partial charge on any atom is -0.394 e. The summed E-state index contributed by atoms with van der Waals surface area (Å²) >= 11 is 8.92. The first-order valence-corrected chi connectivity index (χ1v) is 17.6. The van der Waals surface area contributed by atoms with Crippen molar-refractivity contribution >= 4 is 66.1 Å². The van der Waals surface area contributed by atoms with E-state index < -0.39 is 81.3 Å². The molecule has 2 fully saturated rings. The van der Waals surface area contributed by atoms with Gasteiger partial charge in [0.15, 0.2) is 35.9 Å². The highest BCUT2D eigenvalue weighted by Crippen LogP contribution is 2.51. The van der Waals surface area contributed by atoms with Crippen LogP contribution in [-0.2, 0) is 39.4 Å². The largest absolute Gasteiger partial charge is 0.582 e. The van der Waals surface area contributed by atoms with Crippen LogP contribution in [0.5, 0.6) is 0 Å². The standard InChI is InChI=1S/C20H22FN9O10P2S2/c21-11-13(39-41(34)43)10(38-19(11)29-2-1-8-14(29)23-6-24-16(8)32)5-36-42(35,44)40-9-3-7(4-31)37-18(9)30-15-12(27-28-30)17(33)26-20(22)25-15/h1-2,6-7,9-11,13,18-19,31H,3-5H2,(H5-,22,23,24,25,26,28,32,33,34,35,43,44)/p+1. The Morgan fingerprint density at radius 2 is 2.09 bits per heavy atom. The van der Waals surface area contributed by atoms with Crippen LogP contribution in [-0.4, -0.2) is 93.3 Å². The highest BCUT2D eigenvalue weighted by Gasteiger charge is 2.52. The highest BCUT2D eigenvalue weighted by molar-refractivity contribution is 8.39. The number of hydrogen-bond donors (Lipinski definition) is 6. The van der Waals surface area contributed by atoms with E-state index in [4.69, 9.17) is 40.6 Å². The number of hydrogen-bond acceptors (Lipinski definition) is 15. The number of nitrogens with zero attached hydrogens (tertiary/aromatic N) is 6. The molecule has 0 aliphatic carbocycles. The topological polar surface area (TPSA) is 257 Å². The minimum atomic E-state index is -4.17. The van der Waals surface area contributed by atoms with Gasteiger partial charge in [-0.2, -0.15) is 9.67 Å². The van der Waals surface area contributed by atoms with Crippen molar-refractivity contribution in [1.29, 1.82) is 0 Å². The summed E-state index contributed by atoms with van der Waals surface area (Å²) < 4.78 is 57.9. The molecule has 2 aliphatic rings. The van der Waals surface area contributed by atoms with E-state index in [9.17, 15) is 24.2 Å². The van der Waals surface area contributed by atoms with E-state index in [1.165, 1.54) is 16.8 Å². The number of ether oxygens (including phenoxy) is 2. The number of thiol groups is 1. The molecule has 6 heterocycles. The number of nitrogen functional groups attached to an aromatic ring is 1. The lowest BCUT2D eigenvalue weighted by atomic mass is 10.1. The Morgan fingerprint density at radius 1 is 1.30 bits per heavy atom. The van der Waals surface area contributed by atoms with Crippen molar-refractivity contribution in [1.82, 2.24) is 39.5 Å². The van der Waals surface area contributed by atoms with Gasteiger partial charge in [0.2, 0.25) is 5.95 Å². The second kappa shape index (κ2) is 12.2. The van der Waals surface area contributed by atoms with Crippen LogP contribution >= 0.6 is 26.2 Å². The van der Waals surface area contributed by atoms with Crippen molar-refractivity contribution in [3.05, 3.63) is 39.3 Å². The number of alkyl halides is 1. The summed E-state index contributed by atoms with van der Waals surface area (Å²) in [5.41, 5.74) is 4.48. The Labute approximate surface area is 255 Å². The molecule has 2 aliphatic heterocycles. The van der Waals surface area contributed by atoms with Crippen LogP contribution in [0.2, 0.25) is 0 Å². The van der Waals surface area contributed by atoms with Gasteiger partial charge in [0, 0.05) is 12.6 Å². The first-order valence-electron chi connectivity index (χ1n) is 12.6. The van der Waals surface area contributed by atoms with Crippen LogP contribution in [0.4, 0.5) is 10.3 Å². The Hall–Kier alpha value is -2.75. The van der Waals surface area contributed by atoms with E-state index in [1.807, 2.05) is 0 Å². The molecule has 0 bridgehead atoms. The van der Waals surface area contributed by atoms with Crippen LogP contribution in [0.15, 0.2) is 28.2 Å². The molecule has 19 nitrogen and oxygen atoms in total. The second-order valence-corrected chi connectivity index (χ2v) is 14.1. The molecular formula is C20H23FN9O10P2S2+. The predicted octanol–water partition coefficient (Wildman–Crippen LogP) is -0.0587. The Balaban J connectivity index is 1.21. The molecule has 24 heteroatoms. The number of rotatable bonds is 10. The first kappa shape index (κ1) is 31.2. The molecule has 9 atom stereocenters. The molecular weight excluding hydrogens is 671 g/mol. The lowest BCUT2D eigenvalue weighted by Crippen LogP contribution is -2.33. The summed E-state index contributed by atoms with van der Waals surface area (Å²) in [6, 6.07) is 1.43. The van der Waals surface area contributed by atoms with Crippen molar-refractivity contribution < 1.29 is 42.0 Å². The molecule has 0 saturated carbocycles. The fraction of sp³-hybridized carbons (Fsp3) is 0.500. The zero-order chi connectivity index (χ0) is 31.3. The van der Waals surface area contributed by atoms with Gasteiger partial charge in [-0.1, -0.05) is 5.21 Å².